The van der Waals surface area contributed by atoms with Crippen LogP contribution in [0.1, 0.15) is 33.2 Å². The molecule has 0 bridgehead atoms. The second-order valence-electron chi connectivity index (χ2n) is 8.30. The topological polar surface area (TPSA) is 141 Å². The highest BCUT2D eigenvalue weighted by molar-refractivity contribution is 6.05. The van der Waals surface area contributed by atoms with Crippen LogP contribution >= 0.6 is 0 Å². The summed E-state index contributed by atoms with van der Waals surface area (Å²) in [5.41, 5.74) is 13.7. The molecule has 1 aromatic carbocycles. The minimum absolute atomic E-state index is 0.00163. The number of amides is 2. The molecule has 10 nitrogen and oxygen atoms in total. The Bertz CT molecular complexity index is 1330. The van der Waals surface area contributed by atoms with Gasteiger partial charge in [-0.15, -0.1) is 5.10 Å². The Labute approximate surface area is 190 Å². The van der Waals surface area contributed by atoms with Gasteiger partial charge < -0.3 is 26.4 Å². The number of nitrogens with two attached hydrogens (primary N) is 2. The van der Waals surface area contributed by atoms with Gasteiger partial charge in [0, 0.05) is 24.0 Å². The maximum absolute atomic E-state index is 13.2. The van der Waals surface area contributed by atoms with Crippen LogP contribution in [-0.2, 0) is 11.3 Å². The number of nitrogen functional groups attached to an aromatic ring is 2. The SMILES string of the molecule is C[C@H](N1Cc2cc(-c3ccn4nc(N)c(C(=O)NC5COC5)c4n3)cc(N)c2C1=O)C(F)(F)F. The fourth-order valence-electron chi connectivity index (χ4n) is 4.05. The minimum atomic E-state index is -4.56. The molecule has 0 spiro atoms. The Kier molecular flexibility index (Phi) is 4.90. The van der Waals surface area contributed by atoms with Crippen molar-refractivity contribution in [2.45, 2.75) is 31.7 Å². The quantitative estimate of drug-likeness (QED) is 0.487. The van der Waals surface area contributed by atoms with Gasteiger partial charge in [0.2, 0.25) is 0 Å². The van der Waals surface area contributed by atoms with Crippen molar-refractivity contribution in [3.63, 3.8) is 0 Å². The normalized spacial score (nSPS) is 17.1. The van der Waals surface area contributed by atoms with Crippen LogP contribution in [0.4, 0.5) is 24.7 Å². The fraction of sp³-hybridized carbons (Fsp3) is 0.333. The van der Waals surface area contributed by atoms with Gasteiger partial charge in [0.15, 0.2) is 11.5 Å². The van der Waals surface area contributed by atoms with Gasteiger partial charge in [-0.05, 0) is 30.7 Å². The molecule has 1 fully saturated rings. The van der Waals surface area contributed by atoms with E-state index >= 15 is 0 Å². The summed E-state index contributed by atoms with van der Waals surface area (Å²) >= 11 is 0. The Morgan fingerprint density at radius 2 is 2.03 bits per heavy atom. The van der Waals surface area contributed by atoms with E-state index in [0.717, 1.165) is 11.8 Å². The van der Waals surface area contributed by atoms with E-state index in [0.29, 0.717) is 30.0 Å². The second kappa shape index (κ2) is 7.58. The van der Waals surface area contributed by atoms with Gasteiger partial charge in [-0.25, -0.2) is 9.50 Å². The zero-order chi connectivity index (χ0) is 24.4. The highest BCUT2D eigenvalue weighted by Gasteiger charge is 2.45. The molecule has 4 heterocycles. The van der Waals surface area contributed by atoms with Gasteiger partial charge in [0.1, 0.15) is 11.6 Å². The third-order valence-electron chi connectivity index (χ3n) is 6.02. The molecule has 178 valence electrons. The zero-order valence-electron chi connectivity index (χ0n) is 17.9. The van der Waals surface area contributed by atoms with Crippen molar-refractivity contribution >= 4 is 29.0 Å². The number of benzene rings is 1. The molecule has 1 saturated heterocycles. The Balaban J connectivity index is 1.52. The number of carbonyl (C=O) groups is 2. The van der Waals surface area contributed by atoms with Crippen LogP contribution in [-0.4, -0.2) is 62.8 Å². The van der Waals surface area contributed by atoms with Gasteiger partial charge in [0.25, 0.3) is 11.8 Å². The predicted molar refractivity (Wildman–Crippen MR) is 115 cm³/mol. The number of nitrogens with one attached hydrogen (secondary N) is 1. The number of fused-ring (bicyclic) bond motifs is 2. The molecule has 2 amide bonds. The van der Waals surface area contributed by atoms with E-state index < -0.39 is 24.0 Å². The van der Waals surface area contributed by atoms with Crippen molar-refractivity contribution in [1.82, 2.24) is 24.8 Å². The molecule has 34 heavy (non-hydrogen) atoms. The lowest BCUT2D eigenvalue weighted by Gasteiger charge is -2.26. The van der Waals surface area contributed by atoms with Crippen LogP contribution < -0.4 is 16.8 Å². The van der Waals surface area contributed by atoms with Crippen LogP contribution in [0.15, 0.2) is 24.4 Å². The molecule has 2 aliphatic heterocycles. The molecule has 3 aromatic rings. The summed E-state index contributed by atoms with van der Waals surface area (Å²) < 4.78 is 46.0. The highest BCUT2D eigenvalue weighted by atomic mass is 19.4. The first-order valence-corrected chi connectivity index (χ1v) is 10.4. The van der Waals surface area contributed by atoms with Crippen molar-refractivity contribution in [3.05, 3.63) is 41.1 Å². The van der Waals surface area contributed by atoms with Crippen LogP contribution in [0.25, 0.3) is 16.9 Å². The molecule has 0 radical (unpaired) electrons. The third-order valence-corrected chi connectivity index (χ3v) is 6.02. The smallest absolute Gasteiger partial charge is 0.398 e. The van der Waals surface area contributed by atoms with Crippen LogP contribution in [0.3, 0.4) is 0 Å². The number of halogens is 3. The van der Waals surface area contributed by atoms with E-state index in [9.17, 15) is 22.8 Å². The number of ether oxygens (including phenoxy) is 1. The minimum Gasteiger partial charge on any atom is -0.398 e. The van der Waals surface area contributed by atoms with E-state index in [1.54, 1.807) is 18.3 Å². The summed E-state index contributed by atoms with van der Waals surface area (Å²) in [7, 11) is 0. The monoisotopic (exact) mass is 475 g/mol. The first-order valence-electron chi connectivity index (χ1n) is 10.4. The molecular formula is C21H20F3N7O3. The highest BCUT2D eigenvalue weighted by Crippen LogP contribution is 2.37. The van der Waals surface area contributed by atoms with E-state index in [2.05, 4.69) is 15.4 Å². The van der Waals surface area contributed by atoms with Gasteiger partial charge in [0.05, 0.1) is 30.5 Å². The van der Waals surface area contributed by atoms with Crippen molar-refractivity contribution in [2.24, 2.45) is 0 Å². The van der Waals surface area contributed by atoms with E-state index in [-0.39, 0.29) is 40.9 Å². The van der Waals surface area contributed by atoms with Crippen molar-refractivity contribution in [2.75, 3.05) is 24.7 Å². The first-order chi connectivity index (χ1) is 16.0. The summed E-state index contributed by atoms with van der Waals surface area (Å²) in [5.74, 6) is -1.21. The van der Waals surface area contributed by atoms with E-state index in [1.165, 1.54) is 10.6 Å². The van der Waals surface area contributed by atoms with Crippen LogP contribution in [0.5, 0.6) is 0 Å². The number of aromatic nitrogens is 3. The summed E-state index contributed by atoms with van der Waals surface area (Å²) in [4.78, 5) is 30.6. The van der Waals surface area contributed by atoms with Crippen molar-refractivity contribution in [1.29, 1.82) is 0 Å². The van der Waals surface area contributed by atoms with Gasteiger partial charge >= 0.3 is 6.18 Å². The average Bonchev–Trinajstić information content (AvgIpc) is 3.24. The molecule has 1 atom stereocenters. The molecule has 2 aliphatic rings. The van der Waals surface area contributed by atoms with Gasteiger partial charge in [-0.3, -0.25) is 9.59 Å². The van der Waals surface area contributed by atoms with Gasteiger partial charge in [-0.1, -0.05) is 0 Å². The lowest BCUT2D eigenvalue weighted by molar-refractivity contribution is -0.172. The fourth-order valence-corrected chi connectivity index (χ4v) is 4.05. The number of hydrogen-bond acceptors (Lipinski definition) is 7. The van der Waals surface area contributed by atoms with Crippen LogP contribution in [0.2, 0.25) is 0 Å². The summed E-state index contributed by atoms with van der Waals surface area (Å²) in [6.07, 6.45) is -3.00. The molecule has 0 unspecified atom stereocenters. The number of alkyl halides is 3. The largest absolute Gasteiger partial charge is 0.408 e. The summed E-state index contributed by atoms with van der Waals surface area (Å²) in [5, 5.41) is 6.91. The lowest BCUT2D eigenvalue weighted by Crippen LogP contribution is -2.48. The van der Waals surface area contributed by atoms with Crippen molar-refractivity contribution < 1.29 is 27.5 Å². The lowest BCUT2D eigenvalue weighted by atomic mass is 10.0. The maximum atomic E-state index is 13.2. The summed E-state index contributed by atoms with van der Waals surface area (Å²) in [6, 6.07) is 2.58. The molecule has 0 saturated carbocycles. The average molecular weight is 475 g/mol. The second-order valence-corrected chi connectivity index (χ2v) is 8.30. The van der Waals surface area contributed by atoms with Gasteiger partial charge in [-0.2, -0.15) is 13.2 Å². The maximum Gasteiger partial charge on any atom is 0.408 e. The first kappa shape index (κ1) is 21.9. The van der Waals surface area contributed by atoms with E-state index in [4.69, 9.17) is 16.2 Å². The Morgan fingerprint density at radius 3 is 2.68 bits per heavy atom. The summed E-state index contributed by atoms with van der Waals surface area (Å²) in [6.45, 7) is 1.51. The molecule has 0 aliphatic carbocycles. The van der Waals surface area contributed by atoms with Crippen LogP contribution in [0, 0.1) is 0 Å². The zero-order valence-corrected chi connectivity index (χ0v) is 17.9. The number of rotatable bonds is 4. The molecule has 13 heteroatoms. The van der Waals surface area contributed by atoms with Crippen molar-refractivity contribution in [3.8, 4) is 11.3 Å². The Hall–Kier alpha value is -3.87. The molecule has 5 rings (SSSR count). The molecule has 2 aromatic heterocycles. The predicted octanol–water partition coefficient (Wildman–Crippen LogP) is 1.60. The third kappa shape index (κ3) is 3.48. The number of nitrogens with zero attached hydrogens (tertiary/aromatic N) is 4. The molecular weight excluding hydrogens is 455 g/mol. The Morgan fingerprint density at radius 1 is 1.29 bits per heavy atom. The standard InChI is InChI=1S/C21H20F3N7O3/c1-9(21(22,23)24)30-6-11-4-10(5-13(25)15(11)20(30)33)14-2-3-31-18(28-14)16(17(26)29-31)19(32)27-12-7-34-8-12/h2-5,9,12H,6-8,25H2,1H3,(H2,26,29)(H,27,32)/t9-/m0/s1. The van der Waals surface area contributed by atoms with E-state index in [1.807, 2.05) is 0 Å². The number of anilines is 2. The number of carbonyl (C=O) groups excluding carboxylic acids is 2. The number of hydrogen-bond donors (Lipinski definition) is 3. The molecule has 5 N–H and O–H groups in total.